The molecule has 0 aliphatic carbocycles. The molecule has 1 unspecified atom stereocenters. The summed E-state index contributed by atoms with van der Waals surface area (Å²) in [6.07, 6.45) is 0. The maximum absolute atomic E-state index is 13.8. The van der Waals surface area contributed by atoms with E-state index in [0.717, 1.165) is 0 Å². The fraction of sp³-hybridized carbons (Fsp3) is 0.833. The normalized spacial score (nSPS) is 16.0. The van der Waals surface area contributed by atoms with Crippen LogP contribution < -0.4 is 0 Å². The maximum Gasteiger partial charge on any atom is 0.317 e. The first-order chi connectivity index (χ1) is 11.1. The lowest BCUT2D eigenvalue weighted by Crippen LogP contribution is -2.55. The molecule has 0 saturated heterocycles. The van der Waals surface area contributed by atoms with E-state index in [1.165, 1.54) is 0 Å². The van der Waals surface area contributed by atoms with Gasteiger partial charge in [-0.15, -0.1) is 5.16 Å². The number of ketones is 1. The minimum absolute atomic E-state index is 0.234. The fourth-order valence-corrected chi connectivity index (χ4v) is 6.48. The lowest BCUT2D eigenvalue weighted by Gasteiger charge is -2.44. The first kappa shape index (κ1) is 24.0. The van der Waals surface area contributed by atoms with Crippen molar-refractivity contribution in [1.82, 2.24) is 0 Å². The molecule has 0 aliphatic heterocycles. The van der Waals surface area contributed by atoms with E-state index in [-0.39, 0.29) is 12.4 Å². The van der Waals surface area contributed by atoms with Gasteiger partial charge in [0.05, 0.1) is 15.4 Å². The number of carbonyl (C=O) groups excluding carboxylic acids is 2. The molecule has 0 aromatic heterocycles. The third kappa shape index (κ3) is 5.26. The number of nitrogens with zero attached hydrogens (tertiary/aromatic N) is 1. The Balaban J connectivity index is 6.56. The zero-order chi connectivity index (χ0) is 20.2. The standard InChI is InChI=1S/C18H37NO4Si2/c1-12-22-15(21)18(24(8)9,17(5,6)7)14(20)13(16(2,3)4)19-23-25(10)11/h24-25H,12H2,1-11H3. The van der Waals surface area contributed by atoms with Crippen LogP contribution in [0.3, 0.4) is 0 Å². The SMILES string of the molecule is CCOC(=O)C(C(=O)C(=NO[SiH](C)C)C(C)(C)C)([SiH](C)C)C(C)(C)C. The number of carbonyl (C=O) groups is 2. The highest BCUT2D eigenvalue weighted by Crippen LogP contribution is 2.51. The number of ether oxygens (including phenoxy) is 1. The molecule has 0 rings (SSSR count). The average molecular weight is 388 g/mol. The van der Waals surface area contributed by atoms with E-state index in [4.69, 9.17) is 9.26 Å². The van der Waals surface area contributed by atoms with Crippen LogP contribution in [0.1, 0.15) is 48.5 Å². The first-order valence-electron chi connectivity index (χ1n) is 9.10. The van der Waals surface area contributed by atoms with Crippen LogP contribution in [-0.4, -0.2) is 41.9 Å². The highest BCUT2D eigenvalue weighted by molar-refractivity contribution is 6.75. The number of rotatable bonds is 7. The van der Waals surface area contributed by atoms with Crippen molar-refractivity contribution in [1.29, 1.82) is 0 Å². The van der Waals surface area contributed by atoms with Gasteiger partial charge in [0, 0.05) is 5.41 Å². The quantitative estimate of drug-likeness (QED) is 0.219. The van der Waals surface area contributed by atoms with E-state index in [0.29, 0.717) is 5.71 Å². The molecule has 0 fully saturated rings. The van der Waals surface area contributed by atoms with E-state index in [9.17, 15) is 9.59 Å². The van der Waals surface area contributed by atoms with Gasteiger partial charge in [-0.3, -0.25) is 9.59 Å². The molecule has 0 aliphatic rings. The van der Waals surface area contributed by atoms with Gasteiger partial charge in [0.1, 0.15) is 10.7 Å². The minimum atomic E-state index is -1.82. The summed E-state index contributed by atoms with van der Waals surface area (Å²) >= 11 is 0. The van der Waals surface area contributed by atoms with Crippen molar-refractivity contribution in [3.63, 3.8) is 0 Å². The summed E-state index contributed by atoms with van der Waals surface area (Å²) in [5.74, 6) is -0.657. The Morgan fingerprint density at radius 3 is 1.72 bits per heavy atom. The highest BCUT2D eigenvalue weighted by atomic mass is 28.3. The van der Waals surface area contributed by atoms with Gasteiger partial charge in [0.25, 0.3) is 9.04 Å². The molecule has 1 atom stereocenters. The molecule has 146 valence electrons. The van der Waals surface area contributed by atoms with Gasteiger partial charge in [-0.2, -0.15) is 0 Å². The van der Waals surface area contributed by atoms with Crippen molar-refractivity contribution in [2.45, 2.75) is 79.7 Å². The van der Waals surface area contributed by atoms with Gasteiger partial charge in [-0.1, -0.05) is 54.6 Å². The molecule has 25 heavy (non-hydrogen) atoms. The van der Waals surface area contributed by atoms with Crippen molar-refractivity contribution >= 4 is 35.3 Å². The summed E-state index contributed by atoms with van der Waals surface area (Å²) in [5, 5.41) is 3.06. The van der Waals surface area contributed by atoms with Crippen molar-refractivity contribution < 1.29 is 18.9 Å². The largest absolute Gasteiger partial charge is 0.465 e. The molecule has 0 aromatic carbocycles. The Bertz CT molecular complexity index is 516. The molecule has 7 heteroatoms. The molecular weight excluding hydrogens is 350 g/mol. The zero-order valence-corrected chi connectivity index (χ0v) is 20.3. The zero-order valence-electron chi connectivity index (χ0n) is 17.9. The van der Waals surface area contributed by atoms with Gasteiger partial charge < -0.3 is 9.26 Å². The van der Waals surface area contributed by atoms with E-state index < -0.39 is 39.7 Å². The van der Waals surface area contributed by atoms with Gasteiger partial charge >= 0.3 is 5.97 Å². The molecular formula is C18H37NO4Si2. The number of oxime groups is 1. The van der Waals surface area contributed by atoms with Crippen molar-refractivity contribution in [2.75, 3.05) is 6.61 Å². The number of hydrogen-bond acceptors (Lipinski definition) is 5. The Kier molecular flexibility index (Phi) is 8.29. The number of esters is 1. The Morgan fingerprint density at radius 1 is 0.960 bits per heavy atom. The molecule has 0 N–H and O–H groups in total. The highest BCUT2D eigenvalue weighted by Gasteiger charge is 2.60. The third-order valence-corrected chi connectivity index (χ3v) is 7.91. The second-order valence-corrected chi connectivity index (χ2v) is 14.6. The monoisotopic (exact) mass is 387 g/mol. The van der Waals surface area contributed by atoms with E-state index >= 15 is 0 Å². The summed E-state index contributed by atoms with van der Waals surface area (Å²) in [7, 11) is -3.26. The van der Waals surface area contributed by atoms with Crippen LogP contribution in [0.15, 0.2) is 5.16 Å². The number of hydrogen-bond donors (Lipinski definition) is 0. The van der Waals surface area contributed by atoms with Crippen LogP contribution in [0.25, 0.3) is 0 Å². The lowest BCUT2D eigenvalue weighted by atomic mass is 9.72. The van der Waals surface area contributed by atoms with E-state index in [1.54, 1.807) is 6.92 Å². The van der Waals surface area contributed by atoms with Crippen LogP contribution in [0, 0.1) is 10.8 Å². The van der Waals surface area contributed by atoms with Gasteiger partial charge in [-0.25, -0.2) is 0 Å². The molecule has 0 amide bonds. The Morgan fingerprint density at radius 2 is 1.44 bits per heavy atom. The molecule has 0 radical (unpaired) electrons. The Hall–Kier alpha value is -0.956. The van der Waals surface area contributed by atoms with Gasteiger partial charge in [0.2, 0.25) is 0 Å². The van der Waals surface area contributed by atoms with Crippen molar-refractivity contribution in [3.05, 3.63) is 0 Å². The average Bonchev–Trinajstić information content (AvgIpc) is 2.35. The van der Waals surface area contributed by atoms with Crippen LogP contribution >= 0.6 is 0 Å². The summed E-state index contributed by atoms with van der Waals surface area (Å²) in [5.41, 5.74) is -0.761. The predicted octanol–water partition coefficient (Wildman–Crippen LogP) is 3.79. The van der Waals surface area contributed by atoms with Crippen LogP contribution in [0.2, 0.25) is 31.2 Å². The summed E-state index contributed by atoms with van der Waals surface area (Å²) in [6, 6.07) is 0. The lowest BCUT2D eigenvalue weighted by molar-refractivity contribution is -0.153. The summed E-state index contributed by atoms with van der Waals surface area (Å²) < 4.78 is 10.9. The fourth-order valence-electron chi connectivity index (χ4n) is 3.21. The minimum Gasteiger partial charge on any atom is -0.465 e. The predicted molar refractivity (Wildman–Crippen MR) is 110 cm³/mol. The second kappa shape index (κ2) is 8.62. The van der Waals surface area contributed by atoms with E-state index in [2.05, 4.69) is 5.16 Å². The van der Waals surface area contributed by atoms with Crippen LogP contribution in [-0.2, 0) is 18.9 Å². The maximum atomic E-state index is 13.8. The van der Waals surface area contributed by atoms with Crippen molar-refractivity contribution in [2.24, 2.45) is 16.0 Å². The topological polar surface area (TPSA) is 65.0 Å². The molecule has 0 aromatic rings. The molecule has 0 heterocycles. The van der Waals surface area contributed by atoms with Crippen molar-refractivity contribution in [3.8, 4) is 0 Å². The smallest absolute Gasteiger partial charge is 0.317 e. The number of Topliss-reactive ketones (excluding diaryl/α,β-unsaturated/α-hetero) is 1. The summed E-state index contributed by atoms with van der Waals surface area (Å²) in [6.45, 7) is 21.7. The molecule has 0 bridgehead atoms. The molecule has 0 saturated carbocycles. The van der Waals surface area contributed by atoms with Crippen LogP contribution in [0.5, 0.6) is 0 Å². The first-order valence-corrected chi connectivity index (χ1v) is 14.8. The third-order valence-electron chi connectivity index (χ3n) is 4.28. The Labute approximate surface area is 156 Å². The van der Waals surface area contributed by atoms with Crippen LogP contribution in [0.4, 0.5) is 0 Å². The summed E-state index contributed by atoms with van der Waals surface area (Å²) in [4.78, 5) is 26.8. The van der Waals surface area contributed by atoms with Gasteiger partial charge in [-0.05, 0) is 25.4 Å². The second-order valence-electron chi connectivity index (χ2n) is 9.11. The van der Waals surface area contributed by atoms with E-state index in [1.807, 2.05) is 67.7 Å². The molecule has 0 spiro atoms. The molecule has 5 nitrogen and oxygen atoms in total. The van der Waals surface area contributed by atoms with Gasteiger partial charge in [0.15, 0.2) is 5.78 Å².